The van der Waals surface area contributed by atoms with Gasteiger partial charge in [0.05, 0.1) is 6.42 Å². The SMILES string of the molecule is O=C(O)CC1(c2cc3[nH]ccc3cc2F)CC1. The zero-order valence-electron chi connectivity index (χ0n) is 9.16. The van der Waals surface area contributed by atoms with Gasteiger partial charge < -0.3 is 10.1 Å². The first-order chi connectivity index (χ1) is 8.11. The van der Waals surface area contributed by atoms with Crippen LogP contribution in [0.25, 0.3) is 10.9 Å². The van der Waals surface area contributed by atoms with Gasteiger partial charge in [-0.05, 0) is 36.6 Å². The number of H-pyrrole nitrogens is 1. The molecule has 0 radical (unpaired) electrons. The molecule has 4 heteroatoms. The number of hydrogen-bond donors (Lipinski definition) is 2. The van der Waals surface area contributed by atoms with Crippen molar-refractivity contribution in [3.05, 3.63) is 35.8 Å². The minimum atomic E-state index is -0.867. The molecular formula is C13H12FNO2. The molecule has 0 atom stereocenters. The molecule has 1 saturated carbocycles. The van der Waals surface area contributed by atoms with Gasteiger partial charge in [-0.1, -0.05) is 0 Å². The average molecular weight is 233 g/mol. The molecule has 2 aromatic rings. The molecule has 1 heterocycles. The summed E-state index contributed by atoms with van der Waals surface area (Å²) in [7, 11) is 0. The van der Waals surface area contributed by atoms with E-state index in [1.807, 2.05) is 0 Å². The lowest BCUT2D eigenvalue weighted by atomic mass is 9.91. The third-order valence-electron chi connectivity index (χ3n) is 3.56. The summed E-state index contributed by atoms with van der Waals surface area (Å²) in [5.41, 5.74) is 0.919. The molecule has 0 bridgehead atoms. The number of aromatic amines is 1. The molecule has 3 rings (SSSR count). The minimum absolute atomic E-state index is 0.0101. The topological polar surface area (TPSA) is 53.1 Å². The van der Waals surface area contributed by atoms with Gasteiger partial charge in [0.1, 0.15) is 5.82 Å². The second-order valence-electron chi connectivity index (χ2n) is 4.75. The van der Waals surface area contributed by atoms with Gasteiger partial charge >= 0.3 is 5.97 Å². The van der Waals surface area contributed by atoms with Gasteiger partial charge in [-0.2, -0.15) is 0 Å². The molecule has 0 spiro atoms. The summed E-state index contributed by atoms with van der Waals surface area (Å²) in [5.74, 6) is -1.16. The highest BCUT2D eigenvalue weighted by molar-refractivity contribution is 5.81. The highest BCUT2D eigenvalue weighted by atomic mass is 19.1. The van der Waals surface area contributed by atoms with Crippen molar-refractivity contribution in [2.75, 3.05) is 0 Å². The second kappa shape index (κ2) is 3.32. The zero-order chi connectivity index (χ0) is 12.0. The lowest BCUT2D eigenvalue weighted by Gasteiger charge is -2.14. The number of aromatic nitrogens is 1. The maximum atomic E-state index is 14.0. The predicted molar refractivity (Wildman–Crippen MR) is 61.4 cm³/mol. The van der Waals surface area contributed by atoms with Crippen LogP contribution in [0.2, 0.25) is 0 Å². The summed E-state index contributed by atoms with van der Waals surface area (Å²) in [5, 5.41) is 9.70. The average Bonchev–Trinajstić information content (AvgIpc) is 2.87. The number of rotatable bonds is 3. The Bertz CT molecular complexity index is 598. The predicted octanol–water partition coefficient (Wildman–Crippen LogP) is 2.81. The number of carbonyl (C=O) groups is 1. The van der Waals surface area contributed by atoms with Crippen molar-refractivity contribution in [2.45, 2.75) is 24.7 Å². The molecule has 0 amide bonds. The highest BCUT2D eigenvalue weighted by Crippen LogP contribution is 2.52. The fourth-order valence-corrected chi connectivity index (χ4v) is 2.46. The Morgan fingerprint density at radius 2 is 2.24 bits per heavy atom. The normalized spacial score (nSPS) is 17.2. The van der Waals surface area contributed by atoms with E-state index < -0.39 is 11.4 Å². The van der Waals surface area contributed by atoms with Crippen LogP contribution in [0.5, 0.6) is 0 Å². The lowest BCUT2D eigenvalue weighted by Crippen LogP contribution is -2.14. The van der Waals surface area contributed by atoms with Crippen molar-refractivity contribution < 1.29 is 14.3 Å². The Morgan fingerprint density at radius 1 is 1.47 bits per heavy atom. The third kappa shape index (κ3) is 1.60. The summed E-state index contributed by atoms with van der Waals surface area (Å²) in [6.45, 7) is 0. The number of carboxylic acids is 1. The largest absolute Gasteiger partial charge is 0.481 e. The van der Waals surface area contributed by atoms with Gasteiger partial charge in [-0.15, -0.1) is 0 Å². The molecule has 17 heavy (non-hydrogen) atoms. The smallest absolute Gasteiger partial charge is 0.304 e. The molecule has 88 valence electrons. The fourth-order valence-electron chi connectivity index (χ4n) is 2.46. The van der Waals surface area contributed by atoms with Crippen molar-refractivity contribution >= 4 is 16.9 Å². The van der Waals surface area contributed by atoms with Gasteiger partial charge in [0.25, 0.3) is 0 Å². The molecule has 1 fully saturated rings. The van der Waals surface area contributed by atoms with Gasteiger partial charge in [0, 0.05) is 22.5 Å². The Morgan fingerprint density at radius 3 is 2.88 bits per heavy atom. The molecule has 2 N–H and O–H groups in total. The van der Waals surface area contributed by atoms with Crippen LogP contribution in [0.15, 0.2) is 24.4 Å². The molecule has 0 unspecified atom stereocenters. The van der Waals surface area contributed by atoms with Crippen LogP contribution in [0.1, 0.15) is 24.8 Å². The summed E-state index contributed by atoms with van der Waals surface area (Å²) in [6, 6.07) is 5.03. The number of fused-ring (bicyclic) bond motifs is 1. The van der Waals surface area contributed by atoms with Gasteiger partial charge in [0.2, 0.25) is 0 Å². The first kappa shape index (κ1) is 10.3. The van der Waals surface area contributed by atoms with Crippen molar-refractivity contribution in [1.82, 2.24) is 4.98 Å². The number of benzene rings is 1. The maximum absolute atomic E-state index is 14.0. The van der Waals surface area contributed by atoms with Crippen LogP contribution in [-0.2, 0) is 10.2 Å². The number of halogens is 1. The van der Waals surface area contributed by atoms with E-state index in [0.717, 1.165) is 23.7 Å². The second-order valence-corrected chi connectivity index (χ2v) is 4.75. The highest BCUT2D eigenvalue weighted by Gasteiger charge is 2.47. The molecule has 1 aliphatic carbocycles. The number of carboxylic acid groups (broad SMARTS) is 1. The van der Waals surface area contributed by atoms with E-state index >= 15 is 0 Å². The Hall–Kier alpha value is -1.84. The number of aliphatic carboxylic acids is 1. The molecule has 1 aliphatic rings. The minimum Gasteiger partial charge on any atom is -0.481 e. The summed E-state index contributed by atoms with van der Waals surface area (Å²) in [4.78, 5) is 13.8. The molecule has 1 aromatic carbocycles. The third-order valence-corrected chi connectivity index (χ3v) is 3.56. The maximum Gasteiger partial charge on any atom is 0.304 e. The van der Waals surface area contributed by atoms with Crippen LogP contribution < -0.4 is 0 Å². The molecule has 1 aromatic heterocycles. The fraction of sp³-hybridized carbons (Fsp3) is 0.308. The summed E-state index contributed by atoms with van der Waals surface area (Å²) in [6.07, 6.45) is 3.27. The quantitative estimate of drug-likeness (QED) is 0.856. The van der Waals surface area contributed by atoms with E-state index in [1.165, 1.54) is 6.07 Å². The van der Waals surface area contributed by atoms with E-state index in [0.29, 0.717) is 5.56 Å². The van der Waals surface area contributed by atoms with Crippen molar-refractivity contribution in [3.63, 3.8) is 0 Å². The molecule has 3 nitrogen and oxygen atoms in total. The first-order valence-electron chi connectivity index (χ1n) is 5.60. The first-order valence-corrected chi connectivity index (χ1v) is 5.60. The van der Waals surface area contributed by atoms with E-state index in [4.69, 9.17) is 5.11 Å². The van der Waals surface area contributed by atoms with Gasteiger partial charge in [0.15, 0.2) is 0 Å². The van der Waals surface area contributed by atoms with E-state index in [2.05, 4.69) is 4.98 Å². The Balaban J connectivity index is 2.10. The van der Waals surface area contributed by atoms with Crippen LogP contribution >= 0.6 is 0 Å². The van der Waals surface area contributed by atoms with Crippen LogP contribution in [0, 0.1) is 5.82 Å². The van der Waals surface area contributed by atoms with E-state index in [9.17, 15) is 9.18 Å². The van der Waals surface area contributed by atoms with Gasteiger partial charge in [-0.25, -0.2) is 4.39 Å². The van der Waals surface area contributed by atoms with Crippen molar-refractivity contribution in [1.29, 1.82) is 0 Å². The van der Waals surface area contributed by atoms with Gasteiger partial charge in [-0.3, -0.25) is 4.79 Å². The Kier molecular flexibility index (Phi) is 2.02. The number of nitrogens with one attached hydrogen (secondary N) is 1. The molecule has 0 saturated heterocycles. The monoisotopic (exact) mass is 233 g/mol. The zero-order valence-corrected chi connectivity index (χ0v) is 9.16. The molecular weight excluding hydrogens is 221 g/mol. The lowest BCUT2D eigenvalue weighted by molar-refractivity contribution is -0.137. The van der Waals surface area contributed by atoms with Crippen molar-refractivity contribution in [2.24, 2.45) is 0 Å². The summed E-state index contributed by atoms with van der Waals surface area (Å²) < 4.78 is 14.0. The summed E-state index contributed by atoms with van der Waals surface area (Å²) >= 11 is 0. The van der Waals surface area contributed by atoms with Crippen LogP contribution in [0.3, 0.4) is 0 Å². The van der Waals surface area contributed by atoms with E-state index in [1.54, 1.807) is 18.3 Å². The Labute approximate surface area is 97.3 Å². The van der Waals surface area contributed by atoms with E-state index in [-0.39, 0.29) is 12.2 Å². The molecule has 0 aliphatic heterocycles. The number of hydrogen-bond acceptors (Lipinski definition) is 1. The van der Waals surface area contributed by atoms with Crippen LogP contribution in [-0.4, -0.2) is 16.1 Å². The standard InChI is InChI=1S/C13H12FNO2/c14-10-5-8-1-4-15-11(8)6-9(10)13(2-3-13)7-12(16)17/h1,4-6,15H,2-3,7H2,(H,16,17). The van der Waals surface area contributed by atoms with Crippen molar-refractivity contribution in [3.8, 4) is 0 Å². The van der Waals surface area contributed by atoms with Crippen LogP contribution in [0.4, 0.5) is 4.39 Å².